The third kappa shape index (κ3) is 3.64. The number of ketones is 1. The summed E-state index contributed by atoms with van der Waals surface area (Å²) in [4.78, 5) is 14.4. The Balaban J connectivity index is 2.01. The van der Waals surface area contributed by atoms with E-state index in [0.717, 1.165) is 13.1 Å². The van der Waals surface area contributed by atoms with Crippen molar-refractivity contribution in [3.63, 3.8) is 0 Å². The van der Waals surface area contributed by atoms with Gasteiger partial charge in [-0.2, -0.15) is 11.8 Å². The van der Waals surface area contributed by atoms with E-state index in [1.807, 2.05) is 11.8 Å². The van der Waals surface area contributed by atoms with Crippen molar-refractivity contribution in [1.29, 1.82) is 0 Å². The topological polar surface area (TPSA) is 20.3 Å². The summed E-state index contributed by atoms with van der Waals surface area (Å²) >= 11 is 15.1. The highest BCUT2D eigenvalue weighted by molar-refractivity contribution is 8.00. The minimum Gasteiger partial charge on any atom is -0.294 e. The van der Waals surface area contributed by atoms with E-state index in [9.17, 15) is 4.79 Å². The zero-order chi connectivity index (χ0) is 13.3. The lowest BCUT2D eigenvalue weighted by Gasteiger charge is -2.33. The molecular formula is C12H15Cl2NOS2. The maximum atomic E-state index is 12.2. The van der Waals surface area contributed by atoms with E-state index < -0.39 is 0 Å². The number of thiophene rings is 1. The minimum absolute atomic E-state index is 0.0643. The van der Waals surface area contributed by atoms with Gasteiger partial charge in [0.2, 0.25) is 0 Å². The van der Waals surface area contributed by atoms with Crippen LogP contribution in [-0.2, 0) is 0 Å². The molecule has 1 aromatic heterocycles. The zero-order valence-electron chi connectivity index (χ0n) is 10.3. The Kier molecular flexibility index (Phi) is 5.00. The largest absolute Gasteiger partial charge is 0.294 e. The molecule has 1 aliphatic heterocycles. The fraction of sp³-hybridized carbons (Fsp3) is 0.583. The predicted molar refractivity (Wildman–Crippen MR) is 81.6 cm³/mol. The Morgan fingerprint density at radius 3 is 2.50 bits per heavy atom. The quantitative estimate of drug-likeness (QED) is 0.782. The first-order chi connectivity index (χ1) is 8.45. The molecule has 2 heterocycles. The average Bonchev–Trinajstić information content (AvgIpc) is 2.56. The van der Waals surface area contributed by atoms with E-state index in [1.165, 1.54) is 11.3 Å². The number of hydrogen-bond acceptors (Lipinski definition) is 4. The summed E-state index contributed by atoms with van der Waals surface area (Å²) in [5.41, 5.74) is 0.560. The normalized spacial score (nSPS) is 25.3. The zero-order valence-corrected chi connectivity index (χ0v) is 13.4. The number of hydrogen-bond donors (Lipinski definition) is 0. The molecule has 2 unspecified atom stereocenters. The molecule has 2 atom stereocenters. The Hall–Kier alpha value is 0.260. The molecular weight excluding hydrogens is 309 g/mol. The van der Waals surface area contributed by atoms with Gasteiger partial charge in [-0.15, -0.1) is 11.3 Å². The fourth-order valence-electron chi connectivity index (χ4n) is 2.23. The molecule has 6 heteroatoms. The molecule has 0 saturated carbocycles. The molecule has 0 radical (unpaired) electrons. The SMILES string of the molecule is CC1CN(CC(=O)c2cc(Cl)sc2Cl)CC(C)S1. The van der Waals surface area contributed by atoms with Crippen LogP contribution in [-0.4, -0.2) is 40.8 Å². The van der Waals surface area contributed by atoms with Gasteiger partial charge in [-0.05, 0) is 6.07 Å². The second kappa shape index (κ2) is 6.14. The fourth-order valence-corrected chi connectivity index (χ4v) is 5.12. The summed E-state index contributed by atoms with van der Waals surface area (Å²) in [5.74, 6) is 0.0643. The summed E-state index contributed by atoms with van der Waals surface area (Å²) in [6.07, 6.45) is 0. The lowest BCUT2D eigenvalue weighted by molar-refractivity contribution is 0.0930. The van der Waals surface area contributed by atoms with Crippen LogP contribution in [0.2, 0.25) is 8.67 Å². The maximum absolute atomic E-state index is 12.2. The minimum atomic E-state index is 0.0643. The number of nitrogens with zero attached hydrogens (tertiary/aromatic N) is 1. The van der Waals surface area contributed by atoms with Gasteiger partial charge in [0.05, 0.1) is 16.4 Å². The molecule has 2 rings (SSSR count). The number of rotatable bonds is 3. The standard InChI is InChI=1S/C12H15Cl2NOS2/c1-7-4-15(5-8(2)17-7)6-10(16)9-3-11(13)18-12(9)14/h3,7-8H,4-6H2,1-2H3. The van der Waals surface area contributed by atoms with Crippen molar-refractivity contribution in [2.75, 3.05) is 19.6 Å². The van der Waals surface area contributed by atoms with Crippen LogP contribution in [0.5, 0.6) is 0 Å². The first-order valence-electron chi connectivity index (χ1n) is 5.81. The van der Waals surface area contributed by atoms with E-state index in [4.69, 9.17) is 23.2 Å². The van der Waals surface area contributed by atoms with Crippen molar-refractivity contribution in [2.24, 2.45) is 0 Å². The summed E-state index contributed by atoms with van der Waals surface area (Å²) in [7, 11) is 0. The van der Waals surface area contributed by atoms with E-state index in [1.54, 1.807) is 6.07 Å². The first-order valence-corrected chi connectivity index (χ1v) is 8.33. The van der Waals surface area contributed by atoms with Crippen LogP contribution in [0.25, 0.3) is 0 Å². The number of halogens is 2. The van der Waals surface area contributed by atoms with E-state index in [0.29, 0.717) is 31.3 Å². The molecule has 0 aromatic carbocycles. The molecule has 100 valence electrons. The Morgan fingerprint density at radius 2 is 2.00 bits per heavy atom. The van der Waals surface area contributed by atoms with Gasteiger partial charge in [-0.25, -0.2) is 0 Å². The number of carbonyl (C=O) groups is 1. The summed E-state index contributed by atoms with van der Waals surface area (Å²) < 4.78 is 1.07. The van der Waals surface area contributed by atoms with Gasteiger partial charge in [0, 0.05) is 23.6 Å². The van der Waals surface area contributed by atoms with Crippen LogP contribution in [0.3, 0.4) is 0 Å². The molecule has 1 aliphatic rings. The van der Waals surface area contributed by atoms with E-state index in [-0.39, 0.29) is 5.78 Å². The van der Waals surface area contributed by atoms with E-state index >= 15 is 0 Å². The van der Waals surface area contributed by atoms with Crippen molar-refractivity contribution in [2.45, 2.75) is 24.3 Å². The number of thioether (sulfide) groups is 1. The van der Waals surface area contributed by atoms with Crippen LogP contribution in [0.15, 0.2) is 6.07 Å². The molecule has 18 heavy (non-hydrogen) atoms. The van der Waals surface area contributed by atoms with Crippen molar-refractivity contribution in [3.05, 3.63) is 20.3 Å². The van der Waals surface area contributed by atoms with Crippen molar-refractivity contribution in [3.8, 4) is 0 Å². The molecule has 0 spiro atoms. The van der Waals surface area contributed by atoms with Crippen molar-refractivity contribution >= 4 is 52.1 Å². The Morgan fingerprint density at radius 1 is 1.39 bits per heavy atom. The highest BCUT2D eigenvalue weighted by Crippen LogP contribution is 2.32. The van der Waals surface area contributed by atoms with Crippen LogP contribution in [0, 0.1) is 0 Å². The van der Waals surface area contributed by atoms with Gasteiger partial charge in [-0.1, -0.05) is 37.0 Å². The van der Waals surface area contributed by atoms with E-state index in [2.05, 4.69) is 18.7 Å². The molecule has 2 nitrogen and oxygen atoms in total. The molecule has 1 aromatic rings. The van der Waals surface area contributed by atoms with Crippen LogP contribution in [0.1, 0.15) is 24.2 Å². The Labute approximate surface area is 126 Å². The molecule has 0 amide bonds. The predicted octanol–water partition coefficient (Wildman–Crippen LogP) is 4.06. The van der Waals surface area contributed by atoms with Crippen LogP contribution >= 0.6 is 46.3 Å². The van der Waals surface area contributed by atoms with Crippen LogP contribution in [0.4, 0.5) is 0 Å². The summed E-state index contributed by atoms with van der Waals surface area (Å²) in [6.45, 7) is 6.74. The second-order valence-corrected chi connectivity index (χ2v) is 8.78. The first kappa shape index (κ1) is 14.7. The van der Waals surface area contributed by atoms with Gasteiger partial charge in [0.15, 0.2) is 5.78 Å². The van der Waals surface area contributed by atoms with Gasteiger partial charge in [-0.3, -0.25) is 9.69 Å². The molecule has 0 aliphatic carbocycles. The number of Topliss-reactive ketones (excluding diaryl/α,β-unsaturated/α-hetero) is 1. The molecule has 1 fully saturated rings. The molecule has 0 N–H and O–H groups in total. The number of carbonyl (C=O) groups excluding carboxylic acids is 1. The van der Waals surface area contributed by atoms with Gasteiger partial charge in [0.1, 0.15) is 4.34 Å². The summed E-state index contributed by atoms with van der Waals surface area (Å²) in [6, 6.07) is 1.67. The monoisotopic (exact) mass is 323 g/mol. The third-order valence-corrected chi connectivity index (χ3v) is 5.53. The highest BCUT2D eigenvalue weighted by atomic mass is 35.5. The highest BCUT2D eigenvalue weighted by Gasteiger charge is 2.25. The lowest BCUT2D eigenvalue weighted by atomic mass is 10.2. The third-order valence-electron chi connectivity index (χ3n) is 2.82. The maximum Gasteiger partial charge on any atom is 0.179 e. The second-order valence-electron chi connectivity index (χ2n) is 4.61. The van der Waals surface area contributed by atoms with Gasteiger partial charge in [0.25, 0.3) is 0 Å². The van der Waals surface area contributed by atoms with Gasteiger partial charge >= 0.3 is 0 Å². The van der Waals surface area contributed by atoms with Crippen molar-refractivity contribution < 1.29 is 4.79 Å². The average molecular weight is 324 g/mol. The van der Waals surface area contributed by atoms with Gasteiger partial charge < -0.3 is 0 Å². The molecule has 0 bridgehead atoms. The van der Waals surface area contributed by atoms with Crippen molar-refractivity contribution in [1.82, 2.24) is 4.90 Å². The van der Waals surface area contributed by atoms with Crippen LogP contribution < -0.4 is 0 Å². The lowest BCUT2D eigenvalue weighted by Crippen LogP contribution is -2.42. The summed E-state index contributed by atoms with van der Waals surface area (Å²) in [5, 5.41) is 1.14. The molecule has 1 saturated heterocycles. The Bertz CT molecular complexity index is 439. The smallest absolute Gasteiger partial charge is 0.179 e.